The third kappa shape index (κ3) is 6.88. The van der Waals surface area contributed by atoms with E-state index < -0.39 is 0 Å². The molecular formula is C12H25NO2. The van der Waals surface area contributed by atoms with Crippen molar-refractivity contribution in [2.45, 2.75) is 45.1 Å². The Bertz CT molecular complexity index is 149. The van der Waals surface area contributed by atoms with E-state index in [4.69, 9.17) is 9.84 Å². The maximum Gasteiger partial charge on any atom is 0.0620 e. The molecule has 1 aliphatic rings. The Labute approximate surface area is 93.2 Å². The second-order valence-electron chi connectivity index (χ2n) is 4.47. The number of aliphatic hydroxyl groups is 1. The Kier molecular flexibility index (Phi) is 6.98. The van der Waals surface area contributed by atoms with Crippen molar-refractivity contribution in [1.29, 1.82) is 0 Å². The van der Waals surface area contributed by atoms with Crippen molar-refractivity contribution in [3.8, 4) is 0 Å². The van der Waals surface area contributed by atoms with Crippen molar-refractivity contribution in [2.75, 3.05) is 26.4 Å². The van der Waals surface area contributed by atoms with Crippen LogP contribution < -0.4 is 5.32 Å². The van der Waals surface area contributed by atoms with E-state index in [-0.39, 0.29) is 6.61 Å². The van der Waals surface area contributed by atoms with Crippen LogP contribution in [0.4, 0.5) is 0 Å². The lowest BCUT2D eigenvalue weighted by Gasteiger charge is -2.17. The smallest absolute Gasteiger partial charge is 0.0620 e. The molecule has 0 heterocycles. The Morgan fingerprint density at radius 3 is 2.87 bits per heavy atom. The predicted molar refractivity (Wildman–Crippen MR) is 61.9 cm³/mol. The fourth-order valence-corrected chi connectivity index (χ4v) is 1.63. The average Bonchev–Trinajstić information content (AvgIpc) is 3.04. The summed E-state index contributed by atoms with van der Waals surface area (Å²) in [6.45, 7) is 5.04. The highest BCUT2D eigenvalue weighted by atomic mass is 16.5. The van der Waals surface area contributed by atoms with Gasteiger partial charge in [0.25, 0.3) is 0 Å². The molecule has 0 amide bonds. The lowest BCUT2D eigenvalue weighted by Crippen LogP contribution is -2.35. The van der Waals surface area contributed by atoms with Crippen LogP contribution in [0.5, 0.6) is 0 Å². The first-order valence-corrected chi connectivity index (χ1v) is 6.28. The zero-order valence-electron chi connectivity index (χ0n) is 9.87. The molecular weight excluding hydrogens is 190 g/mol. The summed E-state index contributed by atoms with van der Waals surface area (Å²) in [5.74, 6) is 0.949. The van der Waals surface area contributed by atoms with Crippen LogP contribution in [-0.4, -0.2) is 37.5 Å². The molecule has 0 radical (unpaired) electrons. The molecule has 0 bridgehead atoms. The number of hydrogen-bond donors (Lipinski definition) is 2. The fraction of sp³-hybridized carbons (Fsp3) is 1.00. The molecule has 2 N–H and O–H groups in total. The maximum atomic E-state index is 8.90. The largest absolute Gasteiger partial charge is 0.396 e. The molecule has 90 valence electrons. The molecule has 1 saturated carbocycles. The summed E-state index contributed by atoms with van der Waals surface area (Å²) in [6, 6.07) is 0.328. The molecule has 0 spiro atoms. The Morgan fingerprint density at radius 1 is 1.47 bits per heavy atom. The van der Waals surface area contributed by atoms with Crippen molar-refractivity contribution in [3.63, 3.8) is 0 Å². The average molecular weight is 215 g/mol. The standard InChI is InChI=1S/C12H25NO2/c1-2-7-13-12(5-8-14)10-15-9-6-11-3-4-11/h11-14H,2-10H2,1H3. The molecule has 0 saturated heterocycles. The van der Waals surface area contributed by atoms with Crippen LogP contribution in [-0.2, 0) is 4.74 Å². The van der Waals surface area contributed by atoms with Crippen LogP contribution in [0.25, 0.3) is 0 Å². The van der Waals surface area contributed by atoms with Crippen molar-refractivity contribution >= 4 is 0 Å². The summed E-state index contributed by atoms with van der Waals surface area (Å²) in [4.78, 5) is 0. The zero-order chi connectivity index (χ0) is 10.9. The second-order valence-corrected chi connectivity index (χ2v) is 4.47. The molecule has 1 atom stereocenters. The summed E-state index contributed by atoms with van der Waals surface area (Å²) in [5, 5.41) is 12.3. The summed E-state index contributed by atoms with van der Waals surface area (Å²) in [5.41, 5.74) is 0. The van der Waals surface area contributed by atoms with Gasteiger partial charge in [-0.05, 0) is 31.7 Å². The van der Waals surface area contributed by atoms with Crippen molar-refractivity contribution < 1.29 is 9.84 Å². The molecule has 0 aromatic heterocycles. The van der Waals surface area contributed by atoms with E-state index in [9.17, 15) is 0 Å². The third-order valence-corrected chi connectivity index (χ3v) is 2.85. The molecule has 0 aromatic rings. The minimum atomic E-state index is 0.243. The summed E-state index contributed by atoms with van der Waals surface area (Å²) in [7, 11) is 0. The number of hydrogen-bond acceptors (Lipinski definition) is 3. The number of nitrogens with one attached hydrogen (secondary N) is 1. The van der Waals surface area contributed by atoms with E-state index in [0.717, 1.165) is 38.5 Å². The van der Waals surface area contributed by atoms with E-state index in [2.05, 4.69) is 12.2 Å². The Balaban J connectivity index is 1.95. The van der Waals surface area contributed by atoms with Crippen molar-refractivity contribution in [3.05, 3.63) is 0 Å². The van der Waals surface area contributed by atoms with Crippen LogP contribution in [0, 0.1) is 5.92 Å². The van der Waals surface area contributed by atoms with Crippen LogP contribution in [0.15, 0.2) is 0 Å². The van der Waals surface area contributed by atoms with Gasteiger partial charge in [-0.3, -0.25) is 0 Å². The second kappa shape index (κ2) is 8.08. The van der Waals surface area contributed by atoms with Crippen LogP contribution >= 0.6 is 0 Å². The molecule has 3 heteroatoms. The molecule has 1 unspecified atom stereocenters. The SMILES string of the molecule is CCCNC(CCO)COCCC1CC1. The molecule has 1 fully saturated rings. The molecule has 1 rings (SSSR count). The van der Waals surface area contributed by atoms with Crippen LogP contribution in [0.1, 0.15) is 39.0 Å². The van der Waals surface area contributed by atoms with Gasteiger partial charge in [0.2, 0.25) is 0 Å². The first-order chi connectivity index (χ1) is 7.36. The first kappa shape index (κ1) is 12.9. The van der Waals surface area contributed by atoms with Gasteiger partial charge in [-0.15, -0.1) is 0 Å². The van der Waals surface area contributed by atoms with Gasteiger partial charge < -0.3 is 15.2 Å². The van der Waals surface area contributed by atoms with Crippen LogP contribution in [0.2, 0.25) is 0 Å². The van der Waals surface area contributed by atoms with Gasteiger partial charge in [0.1, 0.15) is 0 Å². The highest BCUT2D eigenvalue weighted by molar-refractivity contribution is 4.72. The van der Waals surface area contributed by atoms with Gasteiger partial charge in [0.05, 0.1) is 6.61 Å². The van der Waals surface area contributed by atoms with E-state index in [1.807, 2.05) is 0 Å². The summed E-state index contributed by atoms with van der Waals surface area (Å²) >= 11 is 0. The van der Waals surface area contributed by atoms with Gasteiger partial charge in [-0.2, -0.15) is 0 Å². The number of ether oxygens (including phenoxy) is 1. The van der Waals surface area contributed by atoms with Gasteiger partial charge >= 0.3 is 0 Å². The van der Waals surface area contributed by atoms with E-state index in [1.54, 1.807) is 0 Å². The maximum absolute atomic E-state index is 8.90. The summed E-state index contributed by atoms with van der Waals surface area (Å²) in [6.07, 6.45) is 5.95. The topological polar surface area (TPSA) is 41.5 Å². The minimum absolute atomic E-state index is 0.243. The fourth-order valence-electron chi connectivity index (χ4n) is 1.63. The van der Waals surface area contributed by atoms with E-state index in [1.165, 1.54) is 19.3 Å². The van der Waals surface area contributed by atoms with E-state index >= 15 is 0 Å². The highest BCUT2D eigenvalue weighted by Gasteiger charge is 2.20. The predicted octanol–water partition coefficient (Wildman–Crippen LogP) is 1.55. The van der Waals surface area contributed by atoms with Gasteiger partial charge in [-0.1, -0.05) is 19.8 Å². The van der Waals surface area contributed by atoms with E-state index in [0.29, 0.717) is 6.04 Å². The summed E-state index contributed by atoms with van der Waals surface area (Å²) < 4.78 is 5.62. The lowest BCUT2D eigenvalue weighted by molar-refractivity contribution is 0.0972. The molecule has 0 aliphatic heterocycles. The third-order valence-electron chi connectivity index (χ3n) is 2.85. The first-order valence-electron chi connectivity index (χ1n) is 6.28. The molecule has 0 aromatic carbocycles. The molecule has 3 nitrogen and oxygen atoms in total. The number of rotatable bonds is 10. The van der Waals surface area contributed by atoms with Gasteiger partial charge in [0.15, 0.2) is 0 Å². The van der Waals surface area contributed by atoms with Gasteiger partial charge in [-0.25, -0.2) is 0 Å². The Hall–Kier alpha value is -0.120. The Morgan fingerprint density at radius 2 is 2.27 bits per heavy atom. The quantitative estimate of drug-likeness (QED) is 0.543. The van der Waals surface area contributed by atoms with Gasteiger partial charge in [0, 0.05) is 19.3 Å². The number of aliphatic hydroxyl groups excluding tert-OH is 1. The lowest BCUT2D eigenvalue weighted by atomic mass is 10.2. The highest BCUT2D eigenvalue weighted by Crippen LogP contribution is 2.32. The monoisotopic (exact) mass is 215 g/mol. The molecule has 15 heavy (non-hydrogen) atoms. The van der Waals surface area contributed by atoms with Crippen molar-refractivity contribution in [1.82, 2.24) is 5.32 Å². The minimum Gasteiger partial charge on any atom is -0.396 e. The van der Waals surface area contributed by atoms with Crippen molar-refractivity contribution in [2.24, 2.45) is 5.92 Å². The van der Waals surface area contributed by atoms with Crippen LogP contribution in [0.3, 0.4) is 0 Å². The normalized spacial score (nSPS) is 18.0. The molecule has 1 aliphatic carbocycles. The zero-order valence-corrected chi connectivity index (χ0v) is 9.87.